The predicted octanol–water partition coefficient (Wildman–Crippen LogP) is 2.67. The number of furan rings is 1. The van der Waals surface area contributed by atoms with Gasteiger partial charge in [-0.3, -0.25) is 0 Å². The third-order valence-electron chi connectivity index (χ3n) is 2.35. The highest BCUT2D eigenvalue weighted by molar-refractivity contribution is 5.81. The smallest absolute Gasteiger partial charge is 0.408 e. The predicted molar refractivity (Wildman–Crippen MR) is 76.8 cm³/mol. The Labute approximate surface area is 124 Å². The number of hydrogen-bond donors (Lipinski definition) is 1. The Bertz CT molecular complexity index is 459. The highest BCUT2D eigenvalue weighted by Crippen LogP contribution is 2.10. The first-order valence-electron chi connectivity index (χ1n) is 6.88. The van der Waals surface area contributed by atoms with E-state index in [1.165, 1.54) is 12.5 Å². The van der Waals surface area contributed by atoms with Crippen molar-refractivity contribution < 1.29 is 23.5 Å². The van der Waals surface area contributed by atoms with E-state index in [1.807, 2.05) is 0 Å². The molecule has 6 nitrogen and oxygen atoms in total. The van der Waals surface area contributed by atoms with Crippen molar-refractivity contribution in [2.75, 3.05) is 0 Å². The molecule has 1 heterocycles. The standard InChI is InChI=1S/C15H23NO5/c1-10(2)20-13(17)12(8-11-6-7-19-9-11)16-14(18)21-15(3,4)5/h6-7,9-10,12H,8H2,1-5H3,(H,16,18). The summed E-state index contributed by atoms with van der Waals surface area (Å²) in [6.45, 7) is 8.76. The molecule has 6 heteroatoms. The maximum Gasteiger partial charge on any atom is 0.408 e. The van der Waals surface area contributed by atoms with Gasteiger partial charge in [-0.1, -0.05) is 0 Å². The van der Waals surface area contributed by atoms with Crippen molar-refractivity contribution in [3.63, 3.8) is 0 Å². The van der Waals surface area contributed by atoms with Gasteiger partial charge in [-0.25, -0.2) is 9.59 Å². The second-order valence-corrected chi connectivity index (χ2v) is 6.02. The van der Waals surface area contributed by atoms with Crippen LogP contribution in [0.25, 0.3) is 0 Å². The number of hydrogen-bond acceptors (Lipinski definition) is 5. The highest BCUT2D eigenvalue weighted by Gasteiger charge is 2.26. The fraction of sp³-hybridized carbons (Fsp3) is 0.600. The summed E-state index contributed by atoms with van der Waals surface area (Å²) in [5.41, 5.74) is 0.156. The van der Waals surface area contributed by atoms with Crippen LogP contribution in [0.1, 0.15) is 40.2 Å². The van der Waals surface area contributed by atoms with Crippen molar-refractivity contribution >= 4 is 12.1 Å². The van der Waals surface area contributed by atoms with Crippen LogP contribution in [-0.2, 0) is 20.7 Å². The van der Waals surface area contributed by atoms with E-state index < -0.39 is 23.7 Å². The molecule has 1 rings (SSSR count). The third kappa shape index (κ3) is 6.83. The molecule has 1 N–H and O–H groups in total. The van der Waals surface area contributed by atoms with Crippen LogP contribution in [0.4, 0.5) is 4.79 Å². The van der Waals surface area contributed by atoms with E-state index in [0.29, 0.717) is 0 Å². The van der Waals surface area contributed by atoms with Crippen molar-refractivity contribution in [3.05, 3.63) is 24.2 Å². The van der Waals surface area contributed by atoms with E-state index in [2.05, 4.69) is 5.32 Å². The number of esters is 1. The molecule has 0 aliphatic heterocycles. The molecular weight excluding hydrogens is 274 g/mol. The molecule has 0 aliphatic carbocycles. The van der Waals surface area contributed by atoms with Gasteiger partial charge in [0.05, 0.1) is 18.6 Å². The van der Waals surface area contributed by atoms with Crippen molar-refractivity contribution in [2.24, 2.45) is 0 Å². The van der Waals surface area contributed by atoms with Crippen LogP contribution >= 0.6 is 0 Å². The summed E-state index contributed by atoms with van der Waals surface area (Å²) in [5.74, 6) is -0.503. The number of amides is 1. The molecule has 0 fully saturated rings. The Balaban J connectivity index is 2.71. The number of carbonyl (C=O) groups is 2. The van der Waals surface area contributed by atoms with Crippen molar-refractivity contribution in [2.45, 2.75) is 58.8 Å². The summed E-state index contributed by atoms with van der Waals surface area (Å²) in [4.78, 5) is 23.9. The van der Waals surface area contributed by atoms with Crippen molar-refractivity contribution in [3.8, 4) is 0 Å². The molecule has 0 radical (unpaired) electrons. The van der Waals surface area contributed by atoms with Gasteiger partial charge in [0, 0.05) is 6.42 Å². The van der Waals surface area contributed by atoms with E-state index in [-0.39, 0.29) is 12.5 Å². The minimum atomic E-state index is -0.820. The Morgan fingerprint density at radius 1 is 1.33 bits per heavy atom. The zero-order valence-corrected chi connectivity index (χ0v) is 13.1. The molecule has 0 saturated carbocycles. The van der Waals surface area contributed by atoms with Gasteiger partial charge >= 0.3 is 12.1 Å². The monoisotopic (exact) mass is 297 g/mol. The summed E-state index contributed by atoms with van der Waals surface area (Å²) in [6.07, 6.45) is 2.39. The fourth-order valence-corrected chi connectivity index (χ4v) is 1.60. The number of ether oxygens (including phenoxy) is 2. The van der Waals surface area contributed by atoms with E-state index >= 15 is 0 Å². The summed E-state index contributed by atoms with van der Waals surface area (Å²) < 4.78 is 15.3. The lowest BCUT2D eigenvalue weighted by molar-refractivity contribution is -0.149. The molecule has 1 atom stereocenters. The molecule has 21 heavy (non-hydrogen) atoms. The molecule has 0 saturated heterocycles. The molecule has 0 aliphatic rings. The van der Waals surface area contributed by atoms with Crippen LogP contribution in [-0.4, -0.2) is 29.8 Å². The Morgan fingerprint density at radius 2 is 2.00 bits per heavy atom. The summed E-state index contributed by atoms with van der Waals surface area (Å²) >= 11 is 0. The summed E-state index contributed by atoms with van der Waals surface area (Å²) in [7, 11) is 0. The third-order valence-corrected chi connectivity index (χ3v) is 2.35. The molecule has 118 valence electrons. The number of alkyl carbamates (subject to hydrolysis) is 1. The SMILES string of the molecule is CC(C)OC(=O)C(Cc1ccoc1)NC(=O)OC(C)(C)C. The van der Waals surface area contributed by atoms with Gasteiger partial charge in [-0.15, -0.1) is 0 Å². The van der Waals surface area contributed by atoms with Gasteiger partial charge in [0.1, 0.15) is 11.6 Å². The fourth-order valence-electron chi connectivity index (χ4n) is 1.60. The first-order valence-corrected chi connectivity index (χ1v) is 6.88. The van der Waals surface area contributed by atoms with Gasteiger partial charge in [-0.05, 0) is 46.2 Å². The average Bonchev–Trinajstić information content (AvgIpc) is 2.77. The second kappa shape index (κ2) is 7.15. The Kier molecular flexibility index (Phi) is 5.81. The van der Waals surface area contributed by atoms with E-state index in [4.69, 9.17) is 13.9 Å². The zero-order valence-electron chi connectivity index (χ0n) is 13.1. The van der Waals surface area contributed by atoms with Gasteiger partial charge in [0.15, 0.2) is 0 Å². The maximum absolute atomic E-state index is 12.1. The Hall–Kier alpha value is -1.98. The molecule has 0 aromatic carbocycles. The molecule has 1 amide bonds. The molecule has 0 bridgehead atoms. The second-order valence-electron chi connectivity index (χ2n) is 6.02. The molecule has 1 aromatic heterocycles. The average molecular weight is 297 g/mol. The normalized spacial score (nSPS) is 12.9. The zero-order chi connectivity index (χ0) is 16.0. The lowest BCUT2D eigenvalue weighted by atomic mass is 10.1. The quantitative estimate of drug-likeness (QED) is 0.845. The number of rotatable bonds is 5. The van der Waals surface area contributed by atoms with Crippen LogP contribution in [0.5, 0.6) is 0 Å². The van der Waals surface area contributed by atoms with Crippen molar-refractivity contribution in [1.82, 2.24) is 5.32 Å². The van der Waals surface area contributed by atoms with Gasteiger partial charge in [0.25, 0.3) is 0 Å². The summed E-state index contributed by atoms with van der Waals surface area (Å²) in [5, 5.41) is 2.54. The van der Waals surface area contributed by atoms with Gasteiger partial charge < -0.3 is 19.2 Å². The van der Waals surface area contributed by atoms with Gasteiger partial charge in [-0.2, -0.15) is 0 Å². The van der Waals surface area contributed by atoms with E-state index in [0.717, 1.165) is 5.56 Å². The highest BCUT2D eigenvalue weighted by atomic mass is 16.6. The lowest BCUT2D eigenvalue weighted by Crippen LogP contribution is -2.46. The first-order chi connectivity index (χ1) is 9.67. The number of carbonyl (C=O) groups excluding carboxylic acids is 2. The van der Waals surface area contributed by atoms with Crippen LogP contribution in [0.15, 0.2) is 23.0 Å². The van der Waals surface area contributed by atoms with Crippen molar-refractivity contribution in [1.29, 1.82) is 0 Å². The van der Waals surface area contributed by atoms with Gasteiger partial charge in [0.2, 0.25) is 0 Å². The first kappa shape index (κ1) is 17.1. The minimum absolute atomic E-state index is 0.259. The number of nitrogens with one attached hydrogen (secondary N) is 1. The molecular formula is C15H23NO5. The summed E-state index contributed by atoms with van der Waals surface area (Å²) in [6, 6.07) is 0.909. The Morgan fingerprint density at radius 3 is 2.48 bits per heavy atom. The van der Waals surface area contributed by atoms with E-state index in [9.17, 15) is 9.59 Å². The van der Waals surface area contributed by atoms with Crippen LogP contribution in [0.2, 0.25) is 0 Å². The maximum atomic E-state index is 12.1. The van der Waals surface area contributed by atoms with E-state index in [1.54, 1.807) is 40.7 Å². The molecule has 1 unspecified atom stereocenters. The molecule has 0 spiro atoms. The largest absolute Gasteiger partial charge is 0.472 e. The molecule has 1 aromatic rings. The van der Waals surface area contributed by atoms with Crippen LogP contribution in [0.3, 0.4) is 0 Å². The van der Waals surface area contributed by atoms with Crippen LogP contribution in [0, 0.1) is 0 Å². The topological polar surface area (TPSA) is 77.8 Å². The lowest BCUT2D eigenvalue weighted by Gasteiger charge is -2.23. The van der Waals surface area contributed by atoms with Crippen LogP contribution < -0.4 is 5.32 Å². The minimum Gasteiger partial charge on any atom is -0.472 e.